The van der Waals surface area contributed by atoms with Crippen molar-refractivity contribution in [1.29, 1.82) is 0 Å². The second-order valence-electron chi connectivity index (χ2n) is 10.2. The van der Waals surface area contributed by atoms with Gasteiger partial charge in [0.2, 0.25) is 17.5 Å². The zero-order valence-electron chi connectivity index (χ0n) is 24.0. The molecule has 0 aliphatic carbocycles. The topological polar surface area (TPSA) is 223 Å². The van der Waals surface area contributed by atoms with Gasteiger partial charge in [-0.3, -0.25) is 9.59 Å². The van der Waals surface area contributed by atoms with Gasteiger partial charge in [0.15, 0.2) is 11.9 Å². The second kappa shape index (κ2) is 13.2. The van der Waals surface area contributed by atoms with Crippen molar-refractivity contribution in [1.82, 2.24) is 0 Å². The number of hydrogen-bond acceptors (Lipinski definition) is 14. The van der Waals surface area contributed by atoms with Crippen LogP contribution in [0.25, 0.3) is 28.4 Å². The molecule has 14 heteroatoms. The molecule has 0 bridgehead atoms. The van der Waals surface area contributed by atoms with Crippen molar-refractivity contribution in [3.63, 3.8) is 0 Å². The molecule has 1 aliphatic rings. The molecule has 0 unspecified atom stereocenters. The van der Waals surface area contributed by atoms with E-state index in [0.29, 0.717) is 5.56 Å². The summed E-state index contributed by atoms with van der Waals surface area (Å²) in [5.41, 5.74) is -0.391. The minimum Gasteiger partial charge on any atom is -0.508 e. The standard InChI is InChI=1S/C32H28O14/c1-15(33)43-30-23(14-42-24(38)11-4-16-2-7-18(34)8-3-16)45-32(28(41)27(30)40)46-31-26(39)25-21(37)12-20(36)13-22(25)44-29(31)17-5-9-19(35)10-6-17/h2-13,23,27-28,30,32,34-37,40-41H,14H2,1H3/t23-,27-,28-,30-,32+/m1/s1. The minimum absolute atomic E-state index is 0.0379. The van der Waals surface area contributed by atoms with E-state index in [-0.39, 0.29) is 33.8 Å². The van der Waals surface area contributed by atoms with Crippen LogP contribution in [0.4, 0.5) is 0 Å². The number of aliphatic hydroxyl groups excluding tert-OH is 2. The van der Waals surface area contributed by atoms with E-state index >= 15 is 0 Å². The lowest BCUT2D eigenvalue weighted by atomic mass is 9.99. The molecule has 1 aliphatic heterocycles. The molecular weight excluding hydrogens is 608 g/mol. The number of phenolic OH excluding ortho intramolecular Hbond substituents is 4. The average Bonchev–Trinajstić information content (AvgIpc) is 3.00. The predicted molar refractivity (Wildman–Crippen MR) is 158 cm³/mol. The summed E-state index contributed by atoms with van der Waals surface area (Å²) >= 11 is 0. The summed E-state index contributed by atoms with van der Waals surface area (Å²) < 4.78 is 27.8. The summed E-state index contributed by atoms with van der Waals surface area (Å²) in [5.74, 6) is -3.64. The molecule has 5 atom stereocenters. The number of aromatic hydroxyl groups is 4. The summed E-state index contributed by atoms with van der Waals surface area (Å²) in [4.78, 5) is 37.9. The highest BCUT2D eigenvalue weighted by Crippen LogP contribution is 2.37. The predicted octanol–water partition coefficient (Wildman–Crippen LogP) is 2.30. The number of ether oxygens (including phenoxy) is 4. The molecule has 14 nitrogen and oxygen atoms in total. The Labute approximate surface area is 259 Å². The average molecular weight is 637 g/mol. The van der Waals surface area contributed by atoms with E-state index in [2.05, 4.69) is 0 Å². The molecule has 1 saturated heterocycles. The number of aliphatic hydroxyl groups is 2. The molecule has 0 radical (unpaired) electrons. The maximum absolute atomic E-state index is 13.7. The van der Waals surface area contributed by atoms with E-state index in [1.165, 1.54) is 42.5 Å². The van der Waals surface area contributed by atoms with Crippen LogP contribution in [0, 0.1) is 0 Å². The van der Waals surface area contributed by atoms with Crippen LogP contribution in [0.15, 0.2) is 76.0 Å². The Morgan fingerprint density at radius 2 is 1.54 bits per heavy atom. The van der Waals surface area contributed by atoms with Crippen molar-refractivity contribution >= 4 is 29.0 Å². The van der Waals surface area contributed by atoms with Gasteiger partial charge in [-0.1, -0.05) is 12.1 Å². The fourth-order valence-electron chi connectivity index (χ4n) is 4.73. The van der Waals surface area contributed by atoms with Gasteiger partial charge in [-0.2, -0.15) is 0 Å². The van der Waals surface area contributed by atoms with E-state index in [1.807, 2.05) is 0 Å². The van der Waals surface area contributed by atoms with Crippen LogP contribution in [0.2, 0.25) is 0 Å². The number of benzene rings is 3. The number of hydrogen-bond donors (Lipinski definition) is 6. The molecule has 0 saturated carbocycles. The molecule has 4 aromatic rings. The van der Waals surface area contributed by atoms with Crippen molar-refractivity contribution in [2.24, 2.45) is 0 Å². The Bertz CT molecular complexity index is 1830. The van der Waals surface area contributed by atoms with E-state index in [0.717, 1.165) is 25.1 Å². The molecule has 240 valence electrons. The summed E-state index contributed by atoms with van der Waals surface area (Å²) in [7, 11) is 0. The smallest absolute Gasteiger partial charge is 0.330 e. The Morgan fingerprint density at radius 1 is 0.891 bits per heavy atom. The summed E-state index contributed by atoms with van der Waals surface area (Å²) in [6.07, 6.45) is -6.06. The van der Waals surface area contributed by atoms with E-state index < -0.39 is 71.9 Å². The molecular formula is C32H28O14. The van der Waals surface area contributed by atoms with Gasteiger partial charge in [-0.15, -0.1) is 0 Å². The van der Waals surface area contributed by atoms with E-state index in [4.69, 9.17) is 23.4 Å². The first-order chi connectivity index (χ1) is 21.9. The minimum atomic E-state index is -1.93. The van der Waals surface area contributed by atoms with E-state index in [1.54, 1.807) is 12.1 Å². The van der Waals surface area contributed by atoms with Gasteiger partial charge >= 0.3 is 11.9 Å². The highest BCUT2D eigenvalue weighted by Gasteiger charge is 2.48. The van der Waals surface area contributed by atoms with Gasteiger partial charge in [-0.05, 0) is 48.0 Å². The first kappa shape index (κ1) is 31.8. The van der Waals surface area contributed by atoms with Crippen LogP contribution in [0.3, 0.4) is 0 Å². The normalized spacial score (nSPS) is 21.2. The number of fused-ring (bicyclic) bond motifs is 1. The van der Waals surface area contributed by atoms with Crippen LogP contribution in [-0.4, -0.2) is 79.9 Å². The third-order valence-corrected chi connectivity index (χ3v) is 6.92. The van der Waals surface area contributed by atoms with E-state index in [9.17, 15) is 45.0 Å². The number of phenols is 4. The zero-order valence-corrected chi connectivity index (χ0v) is 24.0. The van der Waals surface area contributed by atoms with Gasteiger partial charge < -0.3 is 54.0 Å². The zero-order chi connectivity index (χ0) is 33.1. The lowest BCUT2D eigenvalue weighted by molar-refractivity contribution is -0.282. The summed E-state index contributed by atoms with van der Waals surface area (Å²) in [6, 6.07) is 13.3. The van der Waals surface area contributed by atoms with Gasteiger partial charge in [0.05, 0.1) is 0 Å². The molecule has 46 heavy (non-hydrogen) atoms. The van der Waals surface area contributed by atoms with Gasteiger partial charge in [-0.25, -0.2) is 4.79 Å². The lowest BCUT2D eigenvalue weighted by Gasteiger charge is -2.41. The second-order valence-corrected chi connectivity index (χ2v) is 10.2. The molecule has 1 aromatic heterocycles. The molecule has 0 spiro atoms. The fourth-order valence-corrected chi connectivity index (χ4v) is 4.73. The molecule has 3 aromatic carbocycles. The number of esters is 2. The largest absolute Gasteiger partial charge is 0.508 e. The lowest BCUT2D eigenvalue weighted by Crippen LogP contribution is -2.61. The maximum Gasteiger partial charge on any atom is 0.330 e. The molecule has 1 fully saturated rings. The fraction of sp³-hybridized carbons (Fsp3) is 0.219. The van der Waals surface area contributed by atoms with Crippen molar-refractivity contribution in [3.05, 3.63) is 82.5 Å². The third kappa shape index (κ3) is 6.89. The van der Waals surface area contributed by atoms with Crippen molar-refractivity contribution in [2.75, 3.05) is 6.61 Å². The summed E-state index contributed by atoms with van der Waals surface area (Å²) in [6.45, 7) is 0.456. The van der Waals surface area contributed by atoms with Crippen molar-refractivity contribution in [3.8, 4) is 40.1 Å². The first-order valence-electron chi connectivity index (χ1n) is 13.7. The number of rotatable bonds is 8. The Kier molecular flexibility index (Phi) is 9.13. The first-order valence-corrected chi connectivity index (χ1v) is 13.7. The third-order valence-electron chi connectivity index (χ3n) is 6.92. The van der Waals surface area contributed by atoms with Crippen LogP contribution in [0.1, 0.15) is 12.5 Å². The number of carbonyl (C=O) groups is 2. The Balaban J connectivity index is 1.46. The Hall–Kier alpha value is -5.57. The summed E-state index contributed by atoms with van der Waals surface area (Å²) in [5, 5.41) is 61.0. The van der Waals surface area contributed by atoms with Crippen LogP contribution in [0.5, 0.6) is 28.7 Å². The van der Waals surface area contributed by atoms with Crippen LogP contribution in [-0.2, 0) is 23.8 Å². The van der Waals surface area contributed by atoms with Crippen molar-refractivity contribution < 1.29 is 63.6 Å². The Morgan fingerprint density at radius 3 is 2.20 bits per heavy atom. The monoisotopic (exact) mass is 636 g/mol. The molecule has 0 amide bonds. The van der Waals surface area contributed by atoms with Gasteiger partial charge in [0.1, 0.15) is 58.9 Å². The van der Waals surface area contributed by atoms with Gasteiger partial charge in [0, 0.05) is 30.7 Å². The molecule has 5 rings (SSSR count). The number of carbonyl (C=O) groups excluding carboxylic acids is 2. The van der Waals surface area contributed by atoms with Crippen molar-refractivity contribution in [2.45, 2.75) is 37.6 Å². The highest BCUT2D eigenvalue weighted by atomic mass is 16.7. The SMILES string of the molecule is CC(=O)O[C@H]1[C@H](O)[C@@H](O)[C@H](Oc2c(-c3ccc(O)cc3)oc3cc(O)cc(O)c3c2=O)O[C@@H]1COC(=O)C=Cc1ccc(O)cc1. The highest BCUT2D eigenvalue weighted by molar-refractivity contribution is 5.88. The quantitative estimate of drug-likeness (QED) is 0.121. The molecule has 6 N–H and O–H groups in total. The molecule has 2 heterocycles. The maximum atomic E-state index is 13.7. The van der Waals surface area contributed by atoms with Crippen LogP contribution < -0.4 is 10.2 Å². The van der Waals surface area contributed by atoms with Gasteiger partial charge in [0.25, 0.3) is 0 Å². The van der Waals surface area contributed by atoms with Crippen LogP contribution >= 0.6 is 0 Å².